The van der Waals surface area contributed by atoms with E-state index in [2.05, 4.69) is 0 Å². The summed E-state index contributed by atoms with van der Waals surface area (Å²) in [6.45, 7) is 0. The zero-order valence-corrected chi connectivity index (χ0v) is 12.2. The minimum absolute atomic E-state index is 0. The number of nitrogens with zero attached hydrogens (tertiary/aromatic N) is 1. The summed E-state index contributed by atoms with van der Waals surface area (Å²) in [5.41, 5.74) is 7.15. The van der Waals surface area contributed by atoms with E-state index in [9.17, 15) is 4.79 Å². The maximum atomic E-state index is 12.2. The lowest BCUT2D eigenvalue weighted by Crippen LogP contribution is -2.46. The van der Waals surface area contributed by atoms with Crippen molar-refractivity contribution in [2.75, 3.05) is 7.05 Å². The quantitative estimate of drug-likeness (QED) is 0.922. The molecule has 1 amide bonds. The van der Waals surface area contributed by atoms with Crippen molar-refractivity contribution in [2.45, 2.75) is 44.2 Å². The molecule has 1 aliphatic rings. The lowest BCUT2D eigenvalue weighted by molar-refractivity contribution is -0.133. The minimum Gasteiger partial charge on any atom is -0.341 e. The number of hydrogen-bond acceptors (Lipinski definition) is 2. The number of likely N-dealkylation sites (N-methyl/N-ethyl adjacent to an activating group) is 1. The van der Waals surface area contributed by atoms with Gasteiger partial charge in [0.1, 0.15) is 0 Å². The van der Waals surface area contributed by atoms with Crippen molar-refractivity contribution >= 4 is 18.3 Å². The van der Waals surface area contributed by atoms with E-state index in [0.29, 0.717) is 12.5 Å². The van der Waals surface area contributed by atoms with Crippen LogP contribution in [0.2, 0.25) is 0 Å². The molecule has 2 N–H and O–H groups in total. The van der Waals surface area contributed by atoms with Crippen LogP contribution in [0.1, 0.15) is 31.2 Å². The van der Waals surface area contributed by atoms with Gasteiger partial charge in [0.15, 0.2) is 0 Å². The predicted octanol–water partition coefficient (Wildman–Crippen LogP) is 2.38. The van der Waals surface area contributed by atoms with Crippen LogP contribution in [0.25, 0.3) is 0 Å². The first-order valence-corrected chi connectivity index (χ1v) is 6.74. The monoisotopic (exact) mass is 282 g/mol. The molecule has 1 fully saturated rings. The first-order chi connectivity index (χ1) is 8.68. The van der Waals surface area contributed by atoms with E-state index >= 15 is 0 Å². The number of amides is 1. The second kappa shape index (κ2) is 7.51. The van der Waals surface area contributed by atoms with Crippen LogP contribution in [0.5, 0.6) is 0 Å². The van der Waals surface area contributed by atoms with E-state index in [1.807, 2.05) is 42.3 Å². The standard InChI is InChI=1S/C15H22N2O.ClH/c1-17(13-9-5-6-10-13)15(18)14(16)11-12-7-3-2-4-8-12;/h2-4,7-8,13-14H,5-6,9-11,16H2,1H3;1H. The average molecular weight is 283 g/mol. The van der Waals surface area contributed by atoms with Crippen molar-refractivity contribution in [1.82, 2.24) is 4.90 Å². The van der Waals surface area contributed by atoms with Gasteiger partial charge < -0.3 is 10.6 Å². The van der Waals surface area contributed by atoms with Gasteiger partial charge in [-0.15, -0.1) is 12.4 Å². The highest BCUT2D eigenvalue weighted by molar-refractivity contribution is 5.85. The third kappa shape index (κ3) is 4.22. The molecule has 1 unspecified atom stereocenters. The molecule has 1 saturated carbocycles. The fraction of sp³-hybridized carbons (Fsp3) is 0.533. The number of benzene rings is 1. The highest BCUT2D eigenvalue weighted by Gasteiger charge is 2.26. The predicted molar refractivity (Wildman–Crippen MR) is 80.4 cm³/mol. The van der Waals surface area contributed by atoms with E-state index in [-0.39, 0.29) is 18.3 Å². The summed E-state index contributed by atoms with van der Waals surface area (Å²) in [6.07, 6.45) is 5.34. The highest BCUT2D eigenvalue weighted by atomic mass is 35.5. The van der Waals surface area contributed by atoms with Gasteiger partial charge in [0, 0.05) is 13.1 Å². The first-order valence-electron chi connectivity index (χ1n) is 6.74. The van der Waals surface area contributed by atoms with Gasteiger partial charge in [-0.25, -0.2) is 0 Å². The minimum atomic E-state index is -0.419. The number of halogens is 1. The molecule has 0 aromatic heterocycles. The molecule has 0 spiro atoms. The highest BCUT2D eigenvalue weighted by Crippen LogP contribution is 2.22. The van der Waals surface area contributed by atoms with Gasteiger partial charge in [-0.2, -0.15) is 0 Å². The van der Waals surface area contributed by atoms with Crippen molar-refractivity contribution in [3.63, 3.8) is 0 Å². The summed E-state index contributed by atoms with van der Waals surface area (Å²) < 4.78 is 0. The lowest BCUT2D eigenvalue weighted by Gasteiger charge is -2.27. The van der Waals surface area contributed by atoms with Crippen molar-refractivity contribution in [2.24, 2.45) is 5.73 Å². The third-order valence-corrected chi connectivity index (χ3v) is 3.84. The molecule has 106 valence electrons. The molecule has 19 heavy (non-hydrogen) atoms. The van der Waals surface area contributed by atoms with Gasteiger partial charge in [0.25, 0.3) is 0 Å². The van der Waals surface area contributed by atoms with E-state index < -0.39 is 6.04 Å². The van der Waals surface area contributed by atoms with Crippen molar-refractivity contribution in [3.05, 3.63) is 35.9 Å². The van der Waals surface area contributed by atoms with E-state index in [1.54, 1.807) is 0 Å². The maximum Gasteiger partial charge on any atom is 0.239 e. The van der Waals surface area contributed by atoms with Crippen LogP contribution in [0.4, 0.5) is 0 Å². The van der Waals surface area contributed by atoms with Gasteiger partial charge in [0.2, 0.25) is 5.91 Å². The van der Waals surface area contributed by atoms with Gasteiger partial charge in [-0.05, 0) is 24.8 Å². The molecule has 1 aromatic carbocycles. The van der Waals surface area contributed by atoms with Crippen LogP contribution in [0.3, 0.4) is 0 Å². The van der Waals surface area contributed by atoms with Gasteiger partial charge >= 0.3 is 0 Å². The molecule has 1 aromatic rings. The molecular formula is C15H23ClN2O. The van der Waals surface area contributed by atoms with Crippen LogP contribution < -0.4 is 5.73 Å². The Morgan fingerprint density at radius 3 is 2.47 bits per heavy atom. The summed E-state index contributed by atoms with van der Waals surface area (Å²) in [5.74, 6) is 0.0748. The Morgan fingerprint density at radius 1 is 1.32 bits per heavy atom. The van der Waals surface area contributed by atoms with E-state index in [1.165, 1.54) is 12.8 Å². The summed E-state index contributed by atoms with van der Waals surface area (Å²) in [7, 11) is 1.89. The Labute approximate surface area is 121 Å². The molecule has 0 bridgehead atoms. The molecule has 0 saturated heterocycles. The van der Waals surface area contributed by atoms with Crippen LogP contribution >= 0.6 is 12.4 Å². The molecule has 0 heterocycles. The number of hydrogen-bond donors (Lipinski definition) is 1. The topological polar surface area (TPSA) is 46.3 Å². The SMILES string of the molecule is CN(C(=O)C(N)Cc1ccccc1)C1CCCC1.Cl. The summed E-state index contributed by atoms with van der Waals surface area (Å²) >= 11 is 0. The fourth-order valence-electron chi connectivity index (χ4n) is 2.69. The van der Waals surface area contributed by atoms with Crippen molar-refractivity contribution in [3.8, 4) is 0 Å². The number of carbonyl (C=O) groups excluding carboxylic acids is 1. The van der Waals surface area contributed by atoms with Crippen LogP contribution in [0, 0.1) is 0 Å². The summed E-state index contributed by atoms with van der Waals surface area (Å²) in [6, 6.07) is 9.95. The maximum absolute atomic E-state index is 12.2. The molecule has 1 aliphatic carbocycles. The van der Waals surface area contributed by atoms with Gasteiger partial charge in [-0.1, -0.05) is 43.2 Å². The zero-order valence-electron chi connectivity index (χ0n) is 11.4. The Balaban J connectivity index is 0.00000180. The zero-order chi connectivity index (χ0) is 13.0. The number of carbonyl (C=O) groups is 1. The van der Waals surface area contributed by atoms with Crippen LogP contribution in [0.15, 0.2) is 30.3 Å². The van der Waals surface area contributed by atoms with Gasteiger partial charge in [0.05, 0.1) is 6.04 Å². The molecule has 1 atom stereocenters. The summed E-state index contributed by atoms with van der Waals surface area (Å²) in [5, 5.41) is 0. The Bertz CT molecular complexity index is 390. The van der Waals surface area contributed by atoms with E-state index in [0.717, 1.165) is 18.4 Å². The molecule has 0 aliphatic heterocycles. The lowest BCUT2D eigenvalue weighted by atomic mass is 10.0. The number of nitrogens with two attached hydrogens (primary N) is 1. The first kappa shape index (κ1) is 16.0. The second-order valence-electron chi connectivity index (χ2n) is 5.18. The molecular weight excluding hydrogens is 260 g/mol. The summed E-state index contributed by atoms with van der Waals surface area (Å²) in [4.78, 5) is 14.1. The fourth-order valence-corrected chi connectivity index (χ4v) is 2.69. The smallest absolute Gasteiger partial charge is 0.239 e. The second-order valence-corrected chi connectivity index (χ2v) is 5.18. The molecule has 0 radical (unpaired) electrons. The van der Waals surface area contributed by atoms with E-state index in [4.69, 9.17) is 5.73 Å². The Morgan fingerprint density at radius 2 is 1.89 bits per heavy atom. The molecule has 2 rings (SSSR count). The van der Waals surface area contributed by atoms with Gasteiger partial charge in [-0.3, -0.25) is 4.79 Å². The van der Waals surface area contributed by atoms with Crippen LogP contribution in [-0.4, -0.2) is 29.9 Å². The molecule has 4 heteroatoms. The largest absolute Gasteiger partial charge is 0.341 e. The van der Waals surface area contributed by atoms with Crippen molar-refractivity contribution in [1.29, 1.82) is 0 Å². The number of rotatable bonds is 4. The molecule has 3 nitrogen and oxygen atoms in total. The average Bonchev–Trinajstić information content (AvgIpc) is 2.92. The van der Waals surface area contributed by atoms with Crippen molar-refractivity contribution < 1.29 is 4.79 Å². The third-order valence-electron chi connectivity index (χ3n) is 3.84. The normalized spacial score (nSPS) is 16.7. The van der Waals surface area contributed by atoms with Crippen LogP contribution in [-0.2, 0) is 11.2 Å². The Hall–Kier alpha value is -1.06. The Kier molecular flexibility index (Phi) is 6.32.